The van der Waals surface area contributed by atoms with Crippen molar-refractivity contribution < 1.29 is 57.8 Å². The number of thiol groups is 1. The number of unbranched alkanes of at least 4 members (excludes halogenated alkanes) is 1. The Labute approximate surface area is 378 Å². The first-order chi connectivity index (χ1) is 30.9. The quantitative estimate of drug-likeness (QED) is 0.00567. The van der Waals surface area contributed by atoms with Crippen LogP contribution >= 0.6 is 12.6 Å². The average molecular weight is 944 g/mol. The van der Waals surface area contributed by atoms with Gasteiger partial charge in [0, 0.05) is 36.7 Å². The lowest BCUT2D eigenvalue weighted by molar-refractivity contribution is -0.142. The molecule has 1 aliphatic rings. The number of carbonyl (C=O) groups excluding carboxylic acids is 11. The summed E-state index contributed by atoms with van der Waals surface area (Å²) in [7, 11) is 0. The van der Waals surface area contributed by atoms with Crippen LogP contribution in [0.15, 0.2) is 5.11 Å². The highest BCUT2D eigenvalue weighted by Crippen LogP contribution is 2.20. The zero-order valence-corrected chi connectivity index (χ0v) is 36.6. The largest absolute Gasteiger partial charge is 0.394 e. The molecule has 0 radical (unpaired) electrons. The Balaban J connectivity index is 2.77. The van der Waals surface area contributed by atoms with Crippen molar-refractivity contribution in [3.05, 3.63) is 10.4 Å². The van der Waals surface area contributed by atoms with Gasteiger partial charge in [-0.1, -0.05) is 11.5 Å². The number of nitrogens with zero attached hydrogens (tertiary/aromatic N) is 4. The van der Waals surface area contributed by atoms with E-state index in [-0.39, 0.29) is 57.5 Å². The summed E-state index contributed by atoms with van der Waals surface area (Å²) in [5.74, 6) is -3.78. The number of azide groups is 1. The van der Waals surface area contributed by atoms with Crippen molar-refractivity contribution in [2.75, 3.05) is 58.2 Å². The number of amides is 11. The number of hydrazine groups is 1. The van der Waals surface area contributed by atoms with E-state index in [1.165, 1.54) is 4.90 Å². The predicted molar refractivity (Wildman–Crippen MR) is 230 cm³/mol. The number of nitrogens with two attached hydrogens (primary N) is 4. The molecule has 0 aromatic heterocycles. The van der Waals surface area contributed by atoms with Crippen molar-refractivity contribution in [2.24, 2.45) is 28.2 Å². The summed E-state index contributed by atoms with van der Waals surface area (Å²) in [6.07, 6.45) is 1.43. The van der Waals surface area contributed by atoms with E-state index in [9.17, 15) is 57.8 Å². The van der Waals surface area contributed by atoms with Crippen LogP contribution in [-0.4, -0.2) is 169 Å². The monoisotopic (exact) mass is 943 g/mol. The lowest BCUT2D eigenvalue weighted by Crippen LogP contribution is -2.59. The zero-order valence-electron chi connectivity index (χ0n) is 35.7. The highest BCUT2D eigenvalue weighted by Gasteiger charge is 2.39. The lowest BCUT2D eigenvalue weighted by Gasteiger charge is -2.30. The number of hydrogen-bond acceptors (Lipinski definition) is 17. The maximum absolute atomic E-state index is 13.8. The fraction of sp³-hybridized carbons (Fsp3) is 0.686. The second kappa shape index (κ2) is 31.5. The molecule has 0 aromatic rings. The van der Waals surface area contributed by atoms with Gasteiger partial charge >= 0.3 is 0 Å². The molecule has 0 saturated carbocycles. The third-order valence-electron chi connectivity index (χ3n) is 9.44. The van der Waals surface area contributed by atoms with Gasteiger partial charge in [-0.05, 0) is 50.5 Å². The van der Waals surface area contributed by atoms with Gasteiger partial charge in [0.2, 0.25) is 65.0 Å². The van der Waals surface area contributed by atoms with Gasteiger partial charge in [-0.25, -0.2) is 0 Å². The van der Waals surface area contributed by atoms with Gasteiger partial charge in [0.25, 0.3) is 0 Å². The van der Waals surface area contributed by atoms with Crippen molar-refractivity contribution in [3.63, 3.8) is 0 Å². The van der Waals surface area contributed by atoms with Gasteiger partial charge in [-0.2, -0.15) is 12.6 Å². The highest BCUT2D eigenvalue weighted by molar-refractivity contribution is 7.80. The topological polar surface area (TPSA) is 472 Å². The van der Waals surface area contributed by atoms with Crippen molar-refractivity contribution in [3.8, 4) is 0 Å². The van der Waals surface area contributed by atoms with Crippen molar-refractivity contribution in [1.29, 1.82) is 0 Å². The van der Waals surface area contributed by atoms with Crippen LogP contribution in [0.4, 0.5) is 0 Å². The van der Waals surface area contributed by atoms with Gasteiger partial charge in [0.05, 0.1) is 38.8 Å². The van der Waals surface area contributed by atoms with E-state index in [0.29, 0.717) is 19.3 Å². The molecule has 1 fully saturated rings. The second-order valence-corrected chi connectivity index (χ2v) is 14.8. The normalized spacial score (nSPS) is 15.3. The molecule has 29 nitrogen and oxygen atoms in total. The average Bonchev–Trinajstić information content (AvgIpc) is 3.77. The van der Waals surface area contributed by atoms with E-state index in [1.807, 2.05) is 0 Å². The van der Waals surface area contributed by atoms with Crippen molar-refractivity contribution >= 4 is 77.6 Å². The summed E-state index contributed by atoms with van der Waals surface area (Å²) in [5, 5.41) is 31.7. The molecule has 364 valence electrons. The molecule has 30 heteroatoms. The van der Waals surface area contributed by atoms with Crippen LogP contribution in [0, 0.1) is 0 Å². The molecule has 0 bridgehead atoms. The molecular formula is C35H61N17O12S. The first-order valence-electron chi connectivity index (χ1n) is 20.5. The molecule has 0 spiro atoms. The smallest absolute Gasteiger partial charge is 0.245 e. The van der Waals surface area contributed by atoms with Gasteiger partial charge in [0.15, 0.2) is 0 Å². The fourth-order valence-corrected chi connectivity index (χ4v) is 6.20. The lowest BCUT2D eigenvalue weighted by atomic mass is 10.1. The van der Waals surface area contributed by atoms with Crippen LogP contribution in [0.25, 0.3) is 10.4 Å². The first kappa shape index (κ1) is 56.7. The molecule has 0 aromatic carbocycles. The minimum Gasteiger partial charge on any atom is -0.394 e. The van der Waals surface area contributed by atoms with Gasteiger partial charge in [0.1, 0.15) is 30.2 Å². The number of nitrogens with one attached hydrogen (secondary N) is 9. The van der Waals surface area contributed by atoms with Crippen LogP contribution in [0.2, 0.25) is 0 Å². The molecule has 18 N–H and O–H groups in total. The van der Waals surface area contributed by atoms with E-state index >= 15 is 0 Å². The SMILES string of the molecule is [N-]=[N+]=NCCCC[C@H](N)C(=O)NCC(=O)NCC(=O)NCC(=O)NCC(=O)N[C@@H](CO)C(=O)N[C@@H](CCC(N)=O)C(=O)N[C@@H](CCCNN)C(=O)N1CCC[C@H]1C(=O)N[C@@H](CS)C(N)=O. The minimum absolute atomic E-state index is 0.00000118. The third kappa shape index (κ3) is 22.7. The first-order valence-corrected chi connectivity index (χ1v) is 21.1. The molecule has 1 saturated heterocycles. The minimum atomic E-state index is -1.69. The third-order valence-corrected chi connectivity index (χ3v) is 9.81. The van der Waals surface area contributed by atoms with E-state index < -0.39 is 140 Å². The van der Waals surface area contributed by atoms with Gasteiger partial charge in [-0.15, -0.1) is 0 Å². The summed E-state index contributed by atoms with van der Waals surface area (Å²) in [6.45, 7) is -2.85. The summed E-state index contributed by atoms with van der Waals surface area (Å²) >= 11 is 4.02. The van der Waals surface area contributed by atoms with Gasteiger partial charge < -0.3 is 69.7 Å². The highest BCUT2D eigenvalue weighted by atomic mass is 32.1. The Hall–Kier alpha value is -6.33. The maximum atomic E-state index is 13.8. The van der Waals surface area contributed by atoms with Crippen LogP contribution in [-0.2, 0) is 52.7 Å². The predicted octanol–water partition coefficient (Wildman–Crippen LogP) is -7.89. The van der Waals surface area contributed by atoms with Crippen LogP contribution in [0.5, 0.6) is 0 Å². The molecule has 6 atom stereocenters. The second-order valence-electron chi connectivity index (χ2n) is 14.5. The Kier molecular flexibility index (Phi) is 27.5. The number of hydrogen-bond donors (Lipinski definition) is 15. The van der Waals surface area contributed by atoms with E-state index in [1.54, 1.807) is 0 Å². The Morgan fingerprint density at radius 1 is 0.723 bits per heavy atom. The number of carbonyl (C=O) groups is 11. The molecule has 11 amide bonds. The summed E-state index contributed by atoms with van der Waals surface area (Å²) in [6, 6.07) is -7.55. The summed E-state index contributed by atoms with van der Waals surface area (Å²) in [4.78, 5) is 142. The summed E-state index contributed by atoms with van der Waals surface area (Å²) < 4.78 is 0. The number of primary amides is 2. The number of rotatable bonds is 32. The number of likely N-dealkylation sites (tertiary alicyclic amines) is 1. The molecule has 1 heterocycles. The van der Waals surface area contributed by atoms with E-state index in [0.717, 1.165) is 0 Å². The Bertz CT molecular complexity index is 1740. The van der Waals surface area contributed by atoms with Crippen molar-refractivity contribution in [2.45, 2.75) is 94.0 Å². The molecule has 0 aliphatic carbocycles. The number of aliphatic hydroxyl groups excluding tert-OH is 1. The van der Waals surface area contributed by atoms with Crippen LogP contribution in [0.1, 0.15) is 57.8 Å². The molecular weight excluding hydrogens is 883 g/mol. The maximum Gasteiger partial charge on any atom is 0.245 e. The standard InChI is InChI=1S/C35H61N17O12S/c36-19(5-1-2-11-46-51-40)31(60)44-15-28(57)42-13-26(55)41-14-27(56)43-16-29(58)47-22(17-53)33(62)48-20(8-9-25(37)54)32(61)49-21(6-3-10-45-39)35(64)52-12-4-7-24(52)34(63)50-23(18-65)30(38)59/h19-24,45,53,65H,1-18,36,39H2,(H2,37,54)(H2,38,59)(H,41,55)(H,42,57)(H,43,56)(H,44,60)(H,47,58)(H,48,62)(H,49,61)(H,50,63)/t19-,20-,21-,22-,23-,24-/m0/s1. The van der Waals surface area contributed by atoms with Crippen LogP contribution in [0.3, 0.4) is 0 Å². The summed E-state index contributed by atoms with van der Waals surface area (Å²) in [5.41, 5.74) is 27.0. The Morgan fingerprint density at radius 2 is 1.31 bits per heavy atom. The van der Waals surface area contributed by atoms with E-state index in [4.69, 9.17) is 28.6 Å². The molecule has 1 aliphatic heterocycles. The fourth-order valence-electron chi connectivity index (χ4n) is 5.93. The molecule has 1 rings (SSSR count). The molecule has 65 heavy (non-hydrogen) atoms. The van der Waals surface area contributed by atoms with Gasteiger partial charge in [-0.3, -0.25) is 64.0 Å². The van der Waals surface area contributed by atoms with Crippen molar-refractivity contribution in [1.82, 2.24) is 52.9 Å². The van der Waals surface area contributed by atoms with E-state index in [2.05, 4.69) is 70.6 Å². The van der Waals surface area contributed by atoms with Crippen LogP contribution < -0.4 is 71.0 Å². The number of aliphatic hydroxyl groups is 1. The molecule has 0 unspecified atom stereocenters. The zero-order chi connectivity index (χ0) is 48.9. The Morgan fingerprint density at radius 3 is 1.86 bits per heavy atom.